The minimum absolute atomic E-state index is 0.0476. The van der Waals surface area contributed by atoms with E-state index in [-0.39, 0.29) is 23.6 Å². The number of unbranched alkanes of at least 4 members (excludes halogenated alkanes) is 2. The fourth-order valence-corrected chi connectivity index (χ4v) is 4.87. The molecule has 0 radical (unpaired) electrons. The summed E-state index contributed by atoms with van der Waals surface area (Å²) < 4.78 is 54.2. The molecule has 0 N–H and O–H groups in total. The molecular formula is C29H36F3N5O4. The van der Waals surface area contributed by atoms with Crippen molar-refractivity contribution in [1.29, 1.82) is 0 Å². The highest BCUT2D eigenvalue weighted by Crippen LogP contribution is 2.36. The maximum absolute atomic E-state index is 14.0. The maximum atomic E-state index is 14.0. The van der Waals surface area contributed by atoms with Crippen molar-refractivity contribution in [1.82, 2.24) is 19.4 Å². The summed E-state index contributed by atoms with van der Waals surface area (Å²) >= 11 is 0. The lowest BCUT2D eigenvalue weighted by Gasteiger charge is -2.36. The molecule has 1 aromatic carbocycles. The smallest absolute Gasteiger partial charge is 0.431 e. The number of alkyl halides is 3. The molecule has 3 amide bonds. The average Bonchev–Trinajstić information content (AvgIpc) is 3.32. The number of benzene rings is 1. The highest BCUT2D eigenvalue weighted by Gasteiger charge is 2.37. The number of aromatic nitrogens is 2. The number of likely N-dealkylation sites (N-methyl/N-ethyl adjacent to an activating group) is 1. The third-order valence-electron chi connectivity index (χ3n) is 7.11. The second-order valence-corrected chi connectivity index (χ2v) is 10.2. The Hall–Kier alpha value is -3.96. The van der Waals surface area contributed by atoms with Gasteiger partial charge in [-0.05, 0) is 42.7 Å². The van der Waals surface area contributed by atoms with Crippen LogP contribution in [0.5, 0.6) is 11.5 Å². The zero-order chi connectivity index (χ0) is 29.7. The summed E-state index contributed by atoms with van der Waals surface area (Å²) in [5, 5.41) is 0.253. The number of anilines is 1. The molecule has 0 bridgehead atoms. The van der Waals surface area contributed by atoms with Crippen LogP contribution in [0.3, 0.4) is 0 Å². The third kappa shape index (κ3) is 6.68. The number of amides is 3. The number of hydrogen-bond donors (Lipinski definition) is 0. The largest absolute Gasteiger partial charge is 0.493 e. The van der Waals surface area contributed by atoms with E-state index in [0.29, 0.717) is 48.9 Å². The van der Waals surface area contributed by atoms with E-state index in [4.69, 9.17) is 9.47 Å². The molecule has 0 saturated carbocycles. The molecule has 1 aliphatic heterocycles. The van der Waals surface area contributed by atoms with Gasteiger partial charge in [0, 0.05) is 57.1 Å². The van der Waals surface area contributed by atoms with E-state index < -0.39 is 24.3 Å². The molecule has 0 aliphatic carbocycles. The topological polar surface area (TPSA) is 80.1 Å². The number of pyridine rings is 1. The lowest BCUT2D eigenvalue weighted by atomic mass is 10.1. The lowest BCUT2D eigenvalue weighted by molar-refractivity contribution is -0.144. The summed E-state index contributed by atoms with van der Waals surface area (Å²) in [6, 6.07) is 7.71. The Labute approximate surface area is 237 Å². The van der Waals surface area contributed by atoms with Crippen molar-refractivity contribution in [3.8, 4) is 11.5 Å². The van der Waals surface area contributed by atoms with Crippen molar-refractivity contribution in [2.75, 3.05) is 45.8 Å². The van der Waals surface area contributed by atoms with Gasteiger partial charge in [0.15, 0.2) is 11.5 Å². The number of fused-ring (bicyclic) bond motifs is 1. The number of carbonyl (C=O) groups excluding carboxylic acids is 2. The van der Waals surface area contributed by atoms with Crippen molar-refractivity contribution in [3.05, 3.63) is 47.8 Å². The first-order valence-corrected chi connectivity index (χ1v) is 13.7. The Kier molecular flexibility index (Phi) is 9.29. The third-order valence-corrected chi connectivity index (χ3v) is 7.11. The van der Waals surface area contributed by atoms with Crippen LogP contribution in [0, 0.1) is 0 Å². The molecule has 9 nitrogen and oxygen atoms in total. The van der Waals surface area contributed by atoms with E-state index in [1.807, 2.05) is 0 Å². The van der Waals surface area contributed by atoms with Crippen molar-refractivity contribution < 1.29 is 32.2 Å². The van der Waals surface area contributed by atoms with Crippen LogP contribution < -0.4 is 14.4 Å². The first-order chi connectivity index (χ1) is 19.5. The van der Waals surface area contributed by atoms with Gasteiger partial charge >= 0.3 is 12.2 Å². The average molecular weight is 576 g/mol. The first kappa shape index (κ1) is 30.0. The number of halogens is 3. The van der Waals surface area contributed by atoms with Crippen LogP contribution in [0.2, 0.25) is 0 Å². The molecule has 1 saturated heterocycles. The van der Waals surface area contributed by atoms with E-state index in [9.17, 15) is 22.8 Å². The number of hydrogen-bond acceptors (Lipinski definition) is 5. The van der Waals surface area contributed by atoms with Crippen molar-refractivity contribution in [2.24, 2.45) is 0 Å². The second-order valence-electron chi connectivity index (χ2n) is 10.2. The monoisotopic (exact) mass is 575 g/mol. The van der Waals surface area contributed by atoms with Crippen LogP contribution in [0.15, 0.2) is 36.5 Å². The van der Waals surface area contributed by atoms with Crippen molar-refractivity contribution in [3.63, 3.8) is 0 Å². The Balaban J connectivity index is 1.61. The van der Waals surface area contributed by atoms with Gasteiger partial charge in [0.1, 0.15) is 17.9 Å². The van der Waals surface area contributed by atoms with Crippen LogP contribution >= 0.6 is 0 Å². The molecule has 0 atom stereocenters. The normalized spacial score (nSPS) is 14.1. The van der Waals surface area contributed by atoms with Crippen LogP contribution in [-0.4, -0.2) is 72.2 Å². The van der Waals surface area contributed by atoms with Crippen LogP contribution in [-0.2, 0) is 24.1 Å². The molecular weight excluding hydrogens is 539 g/mol. The fourth-order valence-electron chi connectivity index (χ4n) is 4.87. The van der Waals surface area contributed by atoms with Gasteiger partial charge in [-0.15, -0.1) is 0 Å². The summed E-state index contributed by atoms with van der Waals surface area (Å²) in [6.07, 6.45) is 0.411. The van der Waals surface area contributed by atoms with Gasteiger partial charge in [-0.2, -0.15) is 13.2 Å². The molecule has 4 rings (SSSR count). The summed E-state index contributed by atoms with van der Waals surface area (Å²) in [5.41, 5.74) is 0.255. The highest BCUT2D eigenvalue weighted by atomic mass is 19.4. The molecule has 1 aliphatic rings. The number of carbonyl (C=O) groups is 2. The highest BCUT2D eigenvalue weighted by molar-refractivity contribution is 5.93. The van der Waals surface area contributed by atoms with Gasteiger partial charge in [-0.1, -0.05) is 19.8 Å². The Bertz CT molecular complexity index is 1390. The predicted molar refractivity (Wildman–Crippen MR) is 149 cm³/mol. The van der Waals surface area contributed by atoms with Crippen molar-refractivity contribution >= 4 is 28.7 Å². The quantitative estimate of drug-likeness (QED) is 0.280. The van der Waals surface area contributed by atoms with E-state index in [2.05, 4.69) is 11.9 Å². The maximum Gasteiger partial charge on any atom is 0.431 e. The summed E-state index contributed by atoms with van der Waals surface area (Å²) in [7, 11) is 4.53. The standard InChI is InChI=1S/C29H36F3N5O4/c1-5-6-7-15-41-24-16-21(9-10-23(24)40-4)36-14-8-13-35(28(36)39)18-20-11-12-33-27-22(20)17-25(29(30,31)32)37(27)19-26(38)34(2)3/h9-12,16-17H,5-8,13-15,18-19H2,1-4H3. The van der Waals surface area contributed by atoms with Crippen LogP contribution in [0.1, 0.15) is 43.9 Å². The minimum atomic E-state index is -4.69. The molecule has 12 heteroatoms. The zero-order valence-corrected chi connectivity index (χ0v) is 23.8. The van der Waals surface area contributed by atoms with Gasteiger partial charge in [0.2, 0.25) is 5.91 Å². The molecule has 1 fully saturated rings. The summed E-state index contributed by atoms with van der Waals surface area (Å²) in [5.74, 6) is 0.633. The molecule has 3 aromatic rings. The minimum Gasteiger partial charge on any atom is -0.493 e. The number of ether oxygens (including phenoxy) is 2. The second kappa shape index (κ2) is 12.7. The number of methoxy groups -OCH3 is 1. The fraction of sp³-hybridized carbons (Fsp3) is 0.483. The van der Waals surface area contributed by atoms with Gasteiger partial charge < -0.3 is 23.8 Å². The predicted octanol–water partition coefficient (Wildman–Crippen LogP) is 5.55. The Morgan fingerprint density at radius 2 is 1.88 bits per heavy atom. The van der Waals surface area contributed by atoms with Crippen LogP contribution in [0.25, 0.3) is 11.0 Å². The molecule has 222 valence electrons. The Morgan fingerprint density at radius 1 is 1.10 bits per heavy atom. The zero-order valence-electron chi connectivity index (χ0n) is 23.8. The SMILES string of the molecule is CCCCCOc1cc(N2CCCN(Cc3ccnc4c3cc(C(F)(F)F)n4CC(=O)N(C)C)C2=O)ccc1OC. The van der Waals surface area contributed by atoms with Gasteiger partial charge in [0.25, 0.3) is 0 Å². The Morgan fingerprint density at radius 3 is 2.56 bits per heavy atom. The van der Waals surface area contributed by atoms with Gasteiger partial charge in [-0.25, -0.2) is 9.78 Å². The molecule has 41 heavy (non-hydrogen) atoms. The molecule has 0 unspecified atom stereocenters. The van der Waals surface area contributed by atoms with Crippen molar-refractivity contribution in [2.45, 2.75) is 51.9 Å². The van der Waals surface area contributed by atoms with E-state index in [1.165, 1.54) is 25.2 Å². The van der Waals surface area contributed by atoms with Gasteiger partial charge in [-0.3, -0.25) is 9.69 Å². The van der Waals surface area contributed by atoms with E-state index >= 15 is 0 Å². The van der Waals surface area contributed by atoms with E-state index in [1.54, 1.807) is 41.2 Å². The molecule has 3 heterocycles. The number of rotatable bonds is 11. The number of urea groups is 1. The molecule has 0 spiro atoms. The number of nitrogens with zero attached hydrogens (tertiary/aromatic N) is 5. The lowest BCUT2D eigenvalue weighted by Crippen LogP contribution is -2.49. The van der Waals surface area contributed by atoms with Gasteiger partial charge in [0.05, 0.1) is 13.7 Å². The van der Waals surface area contributed by atoms with Crippen LogP contribution in [0.4, 0.5) is 23.7 Å². The molecule has 2 aromatic heterocycles. The summed E-state index contributed by atoms with van der Waals surface area (Å²) in [6.45, 7) is 3.17. The van der Waals surface area contributed by atoms with E-state index in [0.717, 1.165) is 29.9 Å². The first-order valence-electron chi connectivity index (χ1n) is 13.7. The summed E-state index contributed by atoms with van der Waals surface area (Å²) in [4.78, 5) is 34.6.